The van der Waals surface area contributed by atoms with Crippen molar-refractivity contribution < 1.29 is 4.79 Å². The maximum absolute atomic E-state index is 11.6. The maximum atomic E-state index is 11.6. The summed E-state index contributed by atoms with van der Waals surface area (Å²) in [6.07, 6.45) is 1.99. The molecule has 5 nitrogen and oxygen atoms in total. The van der Waals surface area contributed by atoms with E-state index in [4.69, 9.17) is 5.73 Å². The molecule has 0 fully saturated rings. The highest BCUT2D eigenvalue weighted by Crippen LogP contribution is 2.11. The first-order valence-corrected chi connectivity index (χ1v) is 5.63. The number of amides is 1. The van der Waals surface area contributed by atoms with Crippen LogP contribution in [0.1, 0.15) is 16.1 Å². The predicted molar refractivity (Wildman–Crippen MR) is 58.5 cm³/mol. The molecule has 0 saturated heterocycles. The van der Waals surface area contributed by atoms with E-state index in [0.717, 1.165) is 5.75 Å². The number of aromatic amines is 1. The molecular weight excluding hydrogens is 200 g/mol. The number of thioether (sulfide) groups is 1. The van der Waals surface area contributed by atoms with Crippen molar-refractivity contribution in [3.8, 4) is 0 Å². The van der Waals surface area contributed by atoms with Gasteiger partial charge in [0.25, 0.3) is 5.91 Å². The van der Waals surface area contributed by atoms with E-state index in [1.165, 1.54) is 0 Å². The molecule has 0 aromatic carbocycles. The minimum Gasteiger partial charge on any atom is -0.382 e. The lowest BCUT2D eigenvalue weighted by Gasteiger charge is -2.03. The largest absolute Gasteiger partial charge is 0.382 e. The molecule has 0 unspecified atom stereocenters. The maximum Gasteiger partial charge on any atom is 0.256 e. The fraction of sp³-hybridized carbons (Fsp3) is 0.500. The van der Waals surface area contributed by atoms with Crippen LogP contribution in [-0.4, -0.2) is 34.7 Å². The summed E-state index contributed by atoms with van der Waals surface area (Å²) < 4.78 is 0. The third-order valence-electron chi connectivity index (χ3n) is 1.79. The van der Waals surface area contributed by atoms with Gasteiger partial charge in [0.1, 0.15) is 5.56 Å². The molecule has 0 aliphatic heterocycles. The number of hydrogen-bond donors (Lipinski definition) is 3. The van der Waals surface area contributed by atoms with Crippen LogP contribution in [0.2, 0.25) is 0 Å². The van der Waals surface area contributed by atoms with E-state index < -0.39 is 0 Å². The van der Waals surface area contributed by atoms with Gasteiger partial charge >= 0.3 is 0 Å². The Hall–Kier alpha value is -1.17. The molecule has 1 amide bonds. The van der Waals surface area contributed by atoms with Gasteiger partial charge in [0, 0.05) is 18.0 Å². The number of nitrogens with one attached hydrogen (secondary N) is 2. The number of aromatic nitrogens is 2. The van der Waals surface area contributed by atoms with E-state index in [9.17, 15) is 4.79 Å². The standard InChI is InChI=1S/C8H14N4OS/c1-5-6(7(9)12-11-5)8(13)10-3-4-14-2/h3-4H2,1-2H3,(H,10,13)(H3,9,11,12). The Labute approximate surface area is 86.8 Å². The average molecular weight is 214 g/mol. The number of H-pyrrole nitrogens is 1. The molecule has 0 spiro atoms. The molecular formula is C8H14N4OS. The van der Waals surface area contributed by atoms with Gasteiger partial charge in [0.05, 0.1) is 0 Å². The monoisotopic (exact) mass is 214 g/mol. The van der Waals surface area contributed by atoms with Crippen LogP contribution in [0, 0.1) is 6.92 Å². The zero-order valence-electron chi connectivity index (χ0n) is 8.26. The van der Waals surface area contributed by atoms with Gasteiger partial charge in [-0.25, -0.2) is 0 Å². The van der Waals surface area contributed by atoms with Crippen LogP contribution in [0.25, 0.3) is 0 Å². The summed E-state index contributed by atoms with van der Waals surface area (Å²) >= 11 is 1.68. The molecule has 0 aliphatic rings. The molecule has 1 aromatic rings. The van der Waals surface area contributed by atoms with Crippen molar-refractivity contribution >= 4 is 23.5 Å². The summed E-state index contributed by atoms with van der Waals surface area (Å²) in [5.74, 6) is 0.981. The van der Waals surface area contributed by atoms with E-state index >= 15 is 0 Å². The van der Waals surface area contributed by atoms with E-state index in [0.29, 0.717) is 17.8 Å². The van der Waals surface area contributed by atoms with Gasteiger partial charge in [-0.2, -0.15) is 16.9 Å². The molecule has 1 aromatic heterocycles. The number of anilines is 1. The quantitative estimate of drug-likeness (QED) is 0.633. The van der Waals surface area contributed by atoms with Gasteiger partial charge in [-0.1, -0.05) is 0 Å². The van der Waals surface area contributed by atoms with Gasteiger partial charge in [-0.15, -0.1) is 0 Å². The van der Waals surface area contributed by atoms with E-state index in [1.807, 2.05) is 6.26 Å². The van der Waals surface area contributed by atoms with Crippen LogP contribution >= 0.6 is 11.8 Å². The molecule has 0 bridgehead atoms. The van der Waals surface area contributed by atoms with Gasteiger partial charge < -0.3 is 11.1 Å². The van der Waals surface area contributed by atoms with Crippen LogP contribution in [0.4, 0.5) is 5.82 Å². The summed E-state index contributed by atoms with van der Waals surface area (Å²) in [6.45, 7) is 2.41. The molecule has 14 heavy (non-hydrogen) atoms. The Morgan fingerprint density at radius 2 is 2.43 bits per heavy atom. The van der Waals surface area contributed by atoms with E-state index in [2.05, 4.69) is 15.5 Å². The average Bonchev–Trinajstić information content (AvgIpc) is 2.46. The molecule has 4 N–H and O–H groups in total. The van der Waals surface area contributed by atoms with Crippen molar-refractivity contribution in [3.05, 3.63) is 11.3 Å². The fourth-order valence-electron chi connectivity index (χ4n) is 1.09. The molecule has 0 atom stereocenters. The van der Waals surface area contributed by atoms with Gasteiger partial charge in [0.2, 0.25) is 0 Å². The Balaban J connectivity index is 2.60. The van der Waals surface area contributed by atoms with Crippen LogP contribution in [0.15, 0.2) is 0 Å². The molecule has 1 heterocycles. The summed E-state index contributed by atoms with van der Waals surface area (Å²) in [6, 6.07) is 0. The number of nitrogens with zero attached hydrogens (tertiary/aromatic N) is 1. The molecule has 78 valence electrons. The Morgan fingerprint density at radius 1 is 1.71 bits per heavy atom. The number of nitrogen functional groups attached to an aromatic ring is 1. The van der Waals surface area contributed by atoms with Gasteiger partial charge in [-0.3, -0.25) is 9.89 Å². The summed E-state index contributed by atoms with van der Waals surface area (Å²) in [4.78, 5) is 11.6. The molecule has 6 heteroatoms. The normalized spacial score (nSPS) is 10.1. The number of carbonyl (C=O) groups is 1. The first-order chi connectivity index (χ1) is 6.66. The fourth-order valence-corrected chi connectivity index (χ4v) is 1.40. The minimum atomic E-state index is -0.164. The first-order valence-electron chi connectivity index (χ1n) is 4.24. The molecule has 0 saturated carbocycles. The minimum absolute atomic E-state index is 0.164. The second-order valence-corrected chi connectivity index (χ2v) is 3.84. The zero-order chi connectivity index (χ0) is 10.6. The van der Waals surface area contributed by atoms with E-state index in [-0.39, 0.29) is 11.7 Å². The number of aryl methyl sites for hydroxylation is 1. The van der Waals surface area contributed by atoms with E-state index in [1.54, 1.807) is 18.7 Å². The Kier molecular flexibility index (Phi) is 3.82. The third-order valence-corrected chi connectivity index (χ3v) is 2.41. The molecule has 0 radical (unpaired) electrons. The highest BCUT2D eigenvalue weighted by atomic mass is 32.2. The van der Waals surface area contributed by atoms with Crippen molar-refractivity contribution in [2.45, 2.75) is 6.92 Å². The Morgan fingerprint density at radius 3 is 2.93 bits per heavy atom. The van der Waals surface area contributed by atoms with Crippen molar-refractivity contribution in [2.75, 3.05) is 24.3 Å². The second kappa shape index (κ2) is 4.90. The van der Waals surface area contributed by atoms with Crippen molar-refractivity contribution in [1.29, 1.82) is 0 Å². The Bertz CT molecular complexity index is 304. The highest BCUT2D eigenvalue weighted by molar-refractivity contribution is 7.98. The molecule has 1 rings (SSSR count). The smallest absolute Gasteiger partial charge is 0.256 e. The SMILES string of the molecule is CSCCNC(=O)c1c(N)n[nH]c1C. The number of rotatable bonds is 4. The summed E-state index contributed by atoms with van der Waals surface area (Å²) in [7, 11) is 0. The van der Waals surface area contributed by atoms with Crippen LogP contribution in [-0.2, 0) is 0 Å². The van der Waals surface area contributed by atoms with Gasteiger partial charge in [-0.05, 0) is 13.2 Å². The lowest BCUT2D eigenvalue weighted by atomic mass is 10.2. The summed E-state index contributed by atoms with van der Waals surface area (Å²) in [5, 5.41) is 9.19. The lowest BCUT2D eigenvalue weighted by Crippen LogP contribution is -2.26. The topological polar surface area (TPSA) is 83.8 Å². The predicted octanol–water partition coefficient (Wildman–Crippen LogP) is 0.393. The molecule has 0 aliphatic carbocycles. The third kappa shape index (κ3) is 2.41. The van der Waals surface area contributed by atoms with Crippen LogP contribution in [0.5, 0.6) is 0 Å². The highest BCUT2D eigenvalue weighted by Gasteiger charge is 2.14. The van der Waals surface area contributed by atoms with Crippen molar-refractivity contribution in [2.24, 2.45) is 0 Å². The van der Waals surface area contributed by atoms with Gasteiger partial charge in [0.15, 0.2) is 5.82 Å². The van der Waals surface area contributed by atoms with Crippen LogP contribution in [0.3, 0.4) is 0 Å². The van der Waals surface area contributed by atoms with Crippen molar-refractivity contribution in [3.63, 3.8) is 0 Å². The van der Waals surface area contributed by atoms with Crippen LogP contribution < -0.4 is 11.1 Å². The number of nitrogens with two attached hydrogens (primary N) is 1. The zero-order valence-corrected chi connectivity index (χ0v) is 9.07. The number of carbonyl (C=O) groups excluding carboxylic acids is 1. The van der Waals surface area contributed by atoms with Crippen molar-refractivity contribution in [1.82, 2.24) is 15.5 Å². The first kappa shape index (κ1) is 10.9. The number of hydrogen-bond acceptors (Lipinski definition) is 4. The summed E-state index contributed by atoms with van der Waals surface area (Å²) in [5.41, 5.74) is 6.69. The second-order valence-electron chi connectivity index (χ2n) is 2.86. The lowest BCUT2D eigenvalue weighted by molar-refractivity contribution is 0.0956.